The van der Waals surface area contributed by atoms with Crippen molar-refractivity contribution in [2.24, 2.45) is 10.7 Å². The number of methoxy groups -OCH3 is 3. The molecule has 1 amide bonds. The number of benzene rings is 1. The Hall–Kier alpha value is -2.68. The quantitative estimate of drug-likeness (QED) is 0.401. The second-order valence-corrected chi connectivity index (χ2v) is 6.92. The fourth-order valence-corrected chi connectivity index (χ4v) is 3.47. The van der Waals surface area contributed by atoms with Crippen LogP contribution in [0.1, 0.15) is 18.4 Å². The van der Waals surface area contributed by atoms with Crippen molar-refractivity contribution >= 4 is 11.9 Å². The number of hydrogen-bond donors (Lipinski definition) is 3. The van der Waals surface area contributed by atoms with Crippen LogP contribution in [-0.4, -0.2) is 77.4 Å². The van der Waals surface area contributed by atoms with Gasteiger partial charge in [-0.05, 0) is 19.3 Å². The first-order chi connectivity index (χ1) is 14.0. The van der Waals surface area contributed by atoms with E-state index in [-0.39, 0.29) is 5.91 Å². The topological polar surface area (TPSA) is 110 Å². The van der Waals surface area contributed by atoms with Crippen LogP contribution in [0.25, 0.3) is 0 Å². The molecule has 29 heavy (non-hydrogen) atoms. The summed E-state index contributed by atoms with van der Waals surface area (Å²) >= 11 is 0. The van der Waals surface area contributed by atoms with Crippen molar-refractivity contribution in [3.05, 3.63) is 17.7 Å². The van der Waals surface area contributed by atoms with Crippen LogP contribution in [0.15, 0.2) is 17.1 Å². The molecular weight excluding hydrogens is 374 g/mol. The molecule has 0 aromatic heterocycles. The summed E-state index contributed by atoms with van der Waals surface area (Å²) in [7, 11) is 6.64. The smallest absolute Gasteiger partial charge is 0.231 e. The normalized spacial score (nSPS) is 15.7. The van der Waals surface area contributed by atoms with E-state index < -0.39 is 0 Å². The maximum absolute atomic E-state index is 11.0. The van der Waals surface area contributed by atoms with E-state index in [0.717, 1.165) is 49.0 Å². The fourth-order valence-electron chi connectivity index (χ4n) is 3.47. The summed E-state index contributed by atoms with van der Waals surface area (Å²) < 4.78 is 16.3. The molecule has 0 atom stereocenters. The van der Waals surface area contributed by atoms with Gasteiger partial charge < -0.3 is 30.6 Å². The Morgan fingerprint density at radius 3 is 2.28 bits per heavy atom. The molecule has 0 unspecified atom stereocenters. The van der Waals surface area contributed by atoms with Crippen LogP contribution < -0.4 is 30.6 Å². The number of ether oxygens (including phenoxy) is 3. The summed E-state index contributed by atoms with van der Waals surface area (Å²) in [6, 6.07) is 4.02. The van der Waals surface area contributed by atoms with Crippen LogP contribution >= 0.6 is 0 Å². The number of amides is 1. The van der Waals surface area contributed by atoms with Gasteiger partial charge in [-0.25, -0.2) is 0 Å². The summed E-state index contributed by atoms with van der Waals surface area (Å²) in [5.41, 5.74) is 6.24. The summed E-state index contributed by atoms with van der Waals surface area (Å²) in [5.74, 6) is 2.62. The van der Waals surface area contributed by atoms with Gasteiger partial charge in [0.1, 0.15) is 17.2 Å². The van der Waals surface area contributed by atoms with Gasteiger partial charge >= 0.3 is 0 Å². The van der Waals surface area contributed by atoms with Crippen molar-refractivity contribution in [2.75, 3.05) is 54.6 Å². The molecule has 0 spiro atoms. The first-order valence-electron chi connectivity index (χ1n) is 9.77. The van der Waals surface area contributed by atoms with Crippen LogP contribution in [0.4, 0.5) is 0 Å². The van der Waals surface area contributed by atoms with Gasteiger partial charge in [0, 0.05) is 50.4 Å². The first kappa shape index (κ1) is 22.6. The highest BCUT2D eigenvalue weighted by Gasteiger charge is 2.21. The average molecular weight is 408 g/mol. The Balaban J connectivity index is 1.87. The Kier molecular flexibility index (Phi) is 8.85. The second kappa shape index (κ2) is 11.4. The molecule has 9 nitrogen and oxygen atoms in total. The zero-order valence-electron chi connectivity index (χ0n) is 17.8. The summed E-state index contributed by atoms with van der Waals surface area (Å²) in [4.78, 5) is 17.4. The van der Waals surface area contributed by atoms with E-state index in [1.54, 1.807) is 28.4 Å². The van der Waals surface area contributed by atoms with E-state index in [0.29, 0.717) is 31.3 Å². The Morgan fingerprint density at radius 1 is 1.17 bits per heavy atom. The van der Waals surface area contributed by atoms with E-state index in [1.165, 1.54) is 0 Å². The molecule has 0 bridgehead atoms. The Bertz CT molecular complexity index is 677. The first-order valence-corrected chi connectivity index (χ1v) is 9.77. The minimum atomic E-state index is -0.279. The number of carbonyl (C=O) groups is 1. The third-order valence-corrected chi connectivity index (χ3v) is 5.02. The predicted octanol–water partition coefficient (Wildman–Crippen LogP) is 0.370. The van der Waals surface area contributed by atoms with E-state index >= 15 is 0 Å². The number of nitrogens with one attached hydrogen (secondary N) is 2. The van der Waals surface area contributed by atoms with E-state index in [2.05, 4.69) is 20.5 Å². The predicted molar refractivity (Wildman–Crippen MR) is 113 cm³/mol. The van der Waals surface area contributed by atoms with Gasteiger partial charge in [0.05, 0.1) is 27.9 Å². The molecule has 2 rings (SSSR count). The van der Waals surface area contributed by atoms with Crippen LogP contribution in [0.5, 0.6) is 17.2 Å². The van der Waals surface area contributed by atoms with E-state index in [4.69, 9.17) is 19.9 Å². The largest absolute Gasteiger partial charge is 0.496 e. The number of nitrogens with two attached hydrogens (primary N) is 1. The number of rotatable bonds is 9. The molecular formula is C20H33N5O4. The van der Waals surface area contributed by atoms with Crippen LogP contribution in [-0.2, 0) is 11.2 Å². The van der Waals surface area contributed by atoms with Gasteiger partial charge in [0.15, 0.2) is 5.96 Å². The molecule has 1 aliphatic rings. The van der Waals surface area contributed by atoms with E-state index in [9.17, 15) is 4.79 Å². The Labute approximate surface area is 172 Å². The number of aliphatic imine (C=N–C) groups is 1. The number of likely N-dealkylation sites (tertiary alicyclic amines) is 1. The molecule has 0 radical (unpaired) electrons. The average Bonchev–Trinajstić information content (AvgIpc) is 2.73. The highest BCUT2D eigenvalue weighted by molar-refractivity contribution is 5.80. The zero-order valence-corrected chi connectivity index (χ0v) is 17.8. The number of piperidine rings is 1. The van der Waals surface area contributed by atoms with Crippen molar-refractivity contribution < 1.29 is 19.0 Å². The molecule has 9 heteroatoms. The zero-order chi connectivity index (χ0) is 21.2. The maximum atomic E-state index is 11.0. The highest BCUT2D eigenvalue weighted by Crippen LogP contribution is 2.34. The fraction of sp³-hybridized carbons (Fsp3) is 0.600. The van der Waals surface area contributed by atoms with Gasteiger partial charge in [0.25, 0.3) is 0 Å². The van der Waals surface area contributed by atoms with Gasteiger partial charge in [-0.1, -0.05) is 0 Å². The van der Waals surface area contributed by atoms with E-state index in [1.807, 2.05) is 12.1 Å². The van der Waals surface area contributed by atoms with Gasteiger partial charge in [0.2, 0.25) is 5.91 Å². The van der Waals surface area contributed by atoms with Crippen molar-refractivity contribution in [1.29, 1.82) is 0 Å². The molecule has 1 fully saturated rings. The molecule has 1 heterocycles. The molecule has 0 saturated carbocycles. The third kappa shape index (κ3) is 6.70. The molecule has 1 aromatic carbocycles. The van der Waals surface area contributed by atoms with Crippen molar-refractivity contribution in [3.63, 3.8) is 0 Å². The molecule has 162 valence electrons. The standard InChI is InChI=1S/C20H33N5O4/c1-22-20(24-14-6-9-25(10-7-14)13-19(21)26)23-8-5-16-17(28-3)11-15(27-2)12-18(16)29-4/h11-12,14H,5-10,13H2,1-4H3,(H2,21,26)(H2,22,23,24). The SMILES string of the molecule is CN=C(NCCc1c(OC)cc(OC)cc1OC)NC1CCN(CC(N)=O)CC1. The number of carbonyl (C=O) groups excluding carboxylic acids is 1. The molecule has 1 saturated heterocycles. The number of primary amides is 1. The summed E-state index contributed by atoms with van der Waals surface area (Å²) in [5, 5.41) is 6.80. The monoisotopic (exact) mass is 407 g/mol. The van der Waals surface area contributed by atoms with Crippen molar-refractivity contribution in [2.45, 2.75) is 25.3 Å². The van der Waals surface area contributed by atoms with Crippen LogP contribution in [0, 0.1) is 0 Å². The Morgan fingerprint density at radius 2 is 1.79 bits per heavy atom. The number of hydrogen-bond acceptors (Lipinski definition) is 6. The summed E-state index contributed by atoms with van der Waals surface area (Å²) in [6.07, 6.45) is 2.58. The number of guanidine groups is 1. The molecule has 1 aliphatic heterocycles. The van der Waals surface area contributed by atoms with Crippen LogP contribution in [0.3, 0.4) is 0 Å². The van der Waals surface area contributed by atoms with Crippen molar-refractivity contribution in [1.82, 2.24) is 15.5 Å². The summed E-state index contributed by atoms with van der Waals surface area (Å²) in [6.45, 7) is 2.68. The molecule has 0 aliphatic carbocycles. The minimum Gasteiger partial charge on any atom is -0.496 e. The number of nitrogens with zero attached hydrogens (tertiary/aromatic N) is 2. The lowest BCUT2D eigenvalue weighted by Crippen LogP contribution is -2.50. The second-order valence-electron chi connectivity index (χ2n) is 6.92. The van der Waals surface area contributed by atoms with Crippen LogP contribution in [0.2, 0.25) is 0 Å². The highest BCUT2D eigenvalue weighted by atomic mass is 16.5. The van der Waals surface area contributed by atoms with Gasteiger partial charge in [-0.15, -0.1) is 0 Å². The lowest BCUT2D eigenvalue weighted by molar-refractivity contribution is -0.119. The molecule has 1 aromatic rings. The van der Waals surface area contributed by atoms with Gasteiger partial charge in [-0.3, -0.25) is 14.7 Å². The lowest BCUT2D eigenvalue weighted by atomic mass is 10.1. The third-order valence-electron chi connectivity index (χ3n) is 5.02. The lowest BCUT2D eigenvalue weighted by Gasteiger charge is -2.32. The van der Waals surface area contributed by atoms with Crippen molar-refractivity contribution in [3.8, 4) is 17.2 Å². The molecule has 4 N–H and O–H groups in total. The van der Waals surface area contributed by atoms with Gasteiger partial charge in [-0.2, -0.15) is 0 Å². The minimum absolute atomic E-state index is 0.279. The maximum Gasteiger partial charge on any atom is 0.231 e.